The Morgan fingerprint density at radius 2 is 2.07 bits per heavy atom. The highest BCUT2D eigenvalue weighted by Gasteiger charge is 2.43. The molecule has 0 saturated carbocycles. The molecule has 0 bridgehead atoms. The zero-order valence-electron chi connectivity index (χ0n) is 14.7. The molecule has 4 rings (SSSR count). The lowest BCUT2D eigenvalue weighted by molar-refractivity contribution is -0.145. The molecule has 2 aliphatic rings. The van der Waals surface area contributed by atoms with Gasteiger partial charge in [0.1, 0.15) is 11.8 Å². The van der Waals surface area contributed by atoms with Crippen molar-refractivity contribution >= 4 is 11.7 Å². The Morgan fingerprint density at radius 1 is 1.30 bits per heavy atom. The Bertz CT molecular complexity index is 948. The summed E-state index contributed by atoms with van der Waals surface area (Å²) in [6.07, 6.45) is -3.77. The van der Waals surface area contributed by atoms with Crippen LogP contribution in [0.2, 0.25) is 0 Å². The molecule has 9 heteroatoms. The number of nitrogens with zero attached hydrogens (tertiary/aromatic N) is 3. The monoisotopic (exact) mass is 378 g/mol. The van der Waals surface area contributed by atoms with Crippen molar-refractivity contribution in [3.8, 4) is 5.75 Å². The van der Waals surface area contributed by atoms with Gasteiger partial charge in [-0.05, 0) is 30.0 Å². The van der Waals surface area contributed by atoms with E-state index in [1.54, 1.807) is 24.3 Å². The number of fused-ring (bicyclic) bond motifs is 1. The smallest absolute Gasteiger partial charge is 0.453 e. The fraction of sp³-hybridized carbons (Fsp3) is 0.389. The first-order valence-corrected chi connectivity index (χ1v) is 8.49. The molecule has 1 N–H and O–H groups in total. The third kappa shape index (κ3) is 2.96. The highest BCUT2D eigenvalue weighted by molar-refractivity contribution is 5.99. The lowest BCUT2D eigenvalue weighted by Crippen LogP contribution is -2.33. The first kappa shape index (κ1) is 17.6. The maximum Gasteiger partial charge on any atom is 0.453 e. The van der Waals surface area contributed by atoms with Gasteiger partial charge in [0.15, 0.2) is 5.78 Å². The lowest BCUT2D eigenvalue weighted by Gasteiger charge is -2.34. The molecule has 1 aliphatic heterocycles. The number of carbonyl (C=O) groups excluding carboxylic acids is 1. The molecule has 142 valence electrons. The number of hydrogen-bond donors (Lipinski definition) is 1. The molecule has 27 heavy (non-hydrogen) atoms. The van der Waals surface area contributed by atoms with E-state index < -0.39 is 18.0 Å². The first-order valence-electron chi connectivity index (χ1n) is 8.49. The molecular formula is C18H17F3N4O2. The van der Waals surface area contributed by atoms with Crippen molar-refractivity contribution in [3.63, 3.8) is 0 Å². The Morgan fingerprint density at radius 3 is 2.78 bits per heavy atom. The maximum absolute atomic E-state index is 13.2. The number of nitrogens with one attached hydrogen (secondary N) is 1. The van der Waals surface area contributed by atoms with Gasteiger partial charge < -0.3 is 10.1 Å². The second-order valence-corrected chi connectivity index (χ2v) is 6.83. The van der Waals surface area contributed by atoms with Gasteiger partial charge in [-0.25, -0.2) is 4.68 Å². The van der Waals surface area contributed by atoms with E-state index in [2.05, 4.69) is 15.4 Å². The van der Waals surface area contributed by atoms with Gasteiger partial charge in [-0.2, -0.15) is 18.2 Å². The van der Waals surface area contributed by atoms with Gasteiger partial charge in [0.05, 0.1) is 7.11 Å². The van der Waals surface area contributed by atoms with Crippen molar-refractivity contribution in [1.82, 2.24) is 14.8 Å². The Balaban J connectivity index is 1.91. The van der Waals surface area contributed by atoms with Crippen LogP contribution >= 0.6 is 0 Å². The summed E-state index contributed by atoms with van der Waals surface area (Å²) in [7, 11) is 1.50. The minimum Gasteiger partial charge on any atom is -0.497 e. The van der Waals surface area contributed by atoms with Gasteiger partial charge in [-0.3, -0.25) is 4.79 Å². The molecule has 0 radical (unpaired) electrons. The fourth-order valence-electron chi connectivity index (χ4n) is 3.65. The summed E-state index contributed by atoms with van der Waals surface area (Å²) in [5.74, 6) is -0.707. The first-order chi connectivity index (χ1) is 12.8. The Hall–Kier alpha value is -2.84. The van der Waals surface area contributed by atoms with E-state index in [0.717, 1.165) is 4.68 Å². The number of carbonyl (C=O) groups is 1. The summed E-state index contributed by atoms with van der Waals surface area (Å²) >= 11 is 0. The van der Waals surface area contributed by atoms with Crippen LogP contribution in [0.15, 0.2) is 35.5 Å². The molecule has 0 spiro atoms. The number of rotatable bonds is 2. The summed E-state index contributed by atoms with van der Waals surface area (Å²) in [5, 5.41) is 6.57. The molecule has 0 fully saturated rings. The maximum atomic E-state index is 13.2. The molecule has 0 saturated heterocycles. The van der Waals surface area contributed by atoms with E-state index in [1.807, 2.05) is 6.92 Å². The molecule has 0 amide bonds. The number of halogens is 3. The minimum atomic E-state index is -4.68. The summed E-state index contributed by atoms with van der Waals surface area (Å²) in [6.45, 7) is 1.93. The van der Waals surface area contributed by atoms with Crippen molar-refractivity contribution in [1.29, 1.82) is 0 Å². The van der Waals surface area contributed by atoms with Crippen molar-refractivity contribution in [2.45, 2.75) is 32.0 Å². The standard InChI is InChI=1S/C18H17F3N4O2/c1-9-6-12-14(13(26)7-9)15(10-4-3-5-11(8-10)27-2)25-17(22-12)23-16(24-25)18(19,20)21/h3-5,8-9,15H,6-7H2,1-2H3,(H,22,23,24)/t9-,15-/m1/s1. The largest absolute Gasteiger partial charge is 0.497 e. The number of allylic oxidation sites excluding steroid dienone is 2. The van der Waals surface area contributed by atoms with E-state index in [4.69, 9.17) is 4.74 Å². The van der Waals surface area contributed by atoms with Crippen LogP contribution < -0.4 is 10.1 Å². The molecule has 2 atom stereocenters. The zero-order valence-corrected chi connectivity index (χ0v) is 14.7. The second kappa shape index (κ2) is 6.11. The van der Waals surface area contributed by atoms with Crippen LogP contribution in [0, 0.1) is 5.92 Å². The van der Waals surface area contributed by atoms with Crippen molar-refractivity contribution in [3.05, 3.63) is 46.9 Å². The van der Waals surface area contributed by atoms with E-state index in [-0.39, 0.29) is 17.6 Å². The molecule has 0 unspecified atom stereocenters. The molecule has 6 nitrogen and oxygen atoms in total. The topological polar surface area (TPSA) is 69.0 Å². The van der Waals surface area contributed by atoms with Crippen LogP contribution in [0.4, 0.5) is 19.1 Å². The van der Waals surface area contributed by atoms with Crippen molar-refractivity contribution in [2.24, 2.45) is 5.92 Å². The van der Waals surface area contributed by atoms with Crippen molar-refractivity contribution < 1.29 is 22.7 Å². The van der Waals surface area contributed by atoms with E-state index in [9.17, 15) is 18.0 Å². The number of ketones is 1. The highest BCUT2D eigenvalue weighted by Crippen LogP contribution is 2.42. The van der Waals surface area contributed by atoms with Gasteiger partial charge in [-0.1, -0.05) is 19.1 Å². The number of methoxy groups -OCH3 is 1. The number of Topliss-reactive ketones (excluding diaryl/α,β-unsaturated/α-hetero) is 1. The fourth-order valence-corrected chi connectivity index (χ4v) is 3.65. The Labute approximate surface area is 153 Å². The summed E-state index contributed by atoms with van der Waals surface area (Å²) < 4.78 is 45.9. The van der Waals surface area contributed by atoms with Crippen molar-refractivity contribution in [2.75, 3.05) is 12.4 Å². The van der Waals surface area contributed by atoms with Gasteiger partial charge in [0.25, 0.3) is 5.82 Å². The predicted octanol–water partition coefficient (Wildman–Crippen LogP) is 3.57. The summed E-state index contributed by atoms with van der Waals surface area (Å²) in [4.78, 5) is 16.4. The second-order valence-electron chi connectivity index (χ2n) is 6.83. The van der Waals surface area contributed by atoms with Gasteiger partial charge >= 0.3 is 6.18 Å². The van der Waals surface area contributed by atoms with E-state index >= 15 is 0 Å². The molecule has 1 aromatic carbocycles. The molecule has 2 heterocycles. The third-order valence-corrected chi connectivity index (χ3v) is 4.79. The zero-order chi connectivity index (χ0) is 19.3. The number of aromatic nitrogens is 3. The average Bonchev–Trinajstić information content (AvgIpc) is 3.03. The van der Waals surface area contributed by atoms with Crippen LogP contribution in [0.3, 0.4) is 0 Å². The minimum absolute atomic E-state index is 0.0178. The van der Waals surface area contributed by atoms with E-state index in [0.29, 0.717) is 35.4 Å². The molecule has 1 aromatic heterocycles. The third-order valence-electron chi connectivity index (χ3n) is 4.79. The Kier molecular flexibility index (Phi) is 3.97. The quantitative estimate of drug-likeness (QED) is 0.865. The van der Waals surface area contributed by atoms with Gasteiger partial charge in [0, 0.05) is 17.7 Å². The number of alkyl halides is 3. The number of benzene rings is 1. The number of anilines is 1. The summed E-state index contributed by atoms with van der Waals surface area (Å²) in [5.41, 5.74) is 1.67. The van der Waals surface area contributed by atoms with Gasteiger partial charge in [-0.15, -0.1) is 5.10 Å². The SMILES string of the molecule is COc1cccc([C@@H]2C3=C(C[C@@H](C)CC3=O)Nc3nc(C(F)(F)F)nn32)c1. The van der Waals surface area contributed by atoms with Gasteiger partial charge in [0.2, 0.25) is 5.95 Å². The predicted molar refractivity (Wildman–Crippen MR) is 90.2 cm³/mol. The molecule has 1 aliphatic carbocycles. The number of hydrogen-bond acceptors (Lipinski definition) is 5. The number of ether oxygens (including phenoxy) is 1. The van der Waals surface area contributed by atoms with Crippen LogP contribution in [0.5, 0.6) is 5.75 Å². The van der Waals surface area contributed by atoms with Crippen LogP contribution in [0.25, 0.3) is 0 Å². The molecule has 2 aromatic rings. The average molecular weight is 378 g/mol. The lowest BCUT2D eigenvalue weighted by atomic mass is 9.81. The van der Waals surface area contributed by atoms with Crippen LogP contribution in [0.1, 0.15) is 37.2 Å². The highest BCUT2D eigenvalue weighted by atomic mass is 19.4. The normalized spacial score (nSPS) is 22.2. The molecular weight excluding hydrogens is 361 g/mol. The van der Waals surface area contributed by atoms with E-state index in [1.165, 1.54) is 7.11 Å². The van der Waals surface area contributed by atoms with Crippen LogP contribution in [-0.2, 0) is 11.0 Å². The summed E-state index contributed by atoms with van der Waals surface area (Å²) in [6, 6.07) is 6.12. The van der Waals surface area contributed by atoms with Crippen LogP contribution in [-0.4, -0.2) is 27.7 Å².